The lowest BCUT2D eigenvalue weighted by atomic mass is 9.99. The molecular weight excluding hydrogens is 306 g/mol. The standard InChI is InChI=1S/C18H21N3O3/c1-2-24-18(23)16-17(22)21(15-6-4-3-5-14(15)20-16)13-9-11-7-8-12(10-13)19-11/h3-6,11-13,19H,2,7-10H2,1H3/t11-,12+,13+. The predicted molar refractivity (Wildman–Crippen MR) is 90.2 cm³/mol. The average molecular weight is 327 g/mol. The number of rotatable bonds is 3. The van der Waals surface area contributed by atoms with Crippen LogP contribution in [0.25, 0.3) is 11.0 Å². The van der Waals surface area contributed by atoms with Crippen LogP contribution in [0.3, 0.4) is 0 Å². The fraction of sp³-hybridized carbons (Fsp3) is 0.500. The number of nitrogens with one attached hydrogen (secondary N) is 1. The van der Waals surface area contributed by atoms with Crippen LogP contribution in [0.2, 0.25) is 0 Å². The molecule has 2 aliphatic heterocycles. The summed E-state index contributed by atoms with van der Waals surface area (Å²) in [5, 5.41) is 3.59. The Bertz CT molecular complexity index is 833. The van der Waals surface area contributed by atoms with Gasteiger partial charge >= 0.3 is 5.97 Å². The summed E-state index contributed by atoms with van der Waals surface area (Å²) in [7, 11) is 0. The fourth-order valence-corrected chi connectivity index (χ4v) is 4.09. The van der Waals surface area contributed by atoms with Gasteiger partial charge in [0.15, 0.2) is 0 Å². The van der Waals surface area contributed by atoms with Crippen molar-refractivity contribution in [2.45, 2.75) is 50.7 Å². The molecule has 4 rings (SSSR count). The summed E-state index contributed by atoms with van der Waals surface area (Å²) < 4.78 is 6.81. The number of hydrogen-bond donors (Lipinski definition) is 1. The van der Waals surface area contributed by atoms with Gasteiger partial charge in [-0.05, 0) is 44.7 Å². The van der Waals surface area contributed by atoms with Gasteiger partial charge in [-0.15, -0.1) is 0 Å². The molecule has 0 amide bonds. The molecule has 1 aromatic carbocycles. The largest absolute Gasteiger partial charge is 0.461 e. The van der Waals surface area contributed by atoms with E-state index in [0.29, 0.717) is 17.6 Å². The Balaban J connectivity index is 1.87. The highest BCUT2D eigenvalue weighted by atomic mass is 16.5. The molecule has 1 N–H and O–H groups in total. The van der Waals surface area contributed by atoms with E-state index in [1.54, 1.807) is 11.5 Å². The monoisotopic (exact) mass is 327 g/mol. The van der Waals surface area contributed by atoms with E-state index in [4.69, 9.17) is 4.74 Å². The number of aromatic nitrogens is 2. The van der Waals surface area contributed by atoms with E-state index in [1.807, 2.05) is 24.3 Å². The van der Waals surface area contributed by atoms with Crippen LogP contribution in [0.4, 0.5) is 0 Å². The van der Waals surface area contributed by atoms with Crippen LogP contribution >= 0.6 is 0 Å². The smallest absolute Gasteiger partial charge is 0.362 e. The van der Waals surface area contributed by atoms with Crippen LogP contribution < -0.4 is 10.9 Å². The Morgan fingerprint density at radius 1 is 1.29 bits per heavy atom. The number of carbonyl (C=O) groups excluding carboxylic acids is 1. The first-order valence-corrected chi connectivity index (χ1v) is 8.61. The van der Waals surface area contributed by atoms with Crippen molar-refractivity contribution < 1.29 is 9.53 Å². The zero-order valence-corrected chi connectivity index (χ0v) is 13.7. The van der Waals surface area contributed by atoms with Crippen LogP contribution in [-0.2, 0) is 4.74 Å². The molecule has 6 heteroatoms. The molecule has 2 aromatic rings. The van der Waals surface area contributed by atoms with Crippen molar-refractivity contribution in [2.24, 2.45) is 0 Å². The van der Waals surface area contributed by atoms with E-state index < -0.39 is 5.97 Å². The molecule has 0 unspecified atom stereocenters. The lowest BCUT2D eigenvalue weighted by Crippen LogP contribution is -2.42. The van der Waals surface area contributed by atoms with Gasteiger partial charge in [-0.25, -0.2) is 9.78 Å². The Kier molecular flexibility index (Phi) is 3.84. The zero-order valence-electron chi connectivity index (χ0n) is 13.7. The van der Waals surface area contributed by atoms with Gasteiger partial charge in [0, 0.05) is 18.1 Å². The van der Waals surface area contributed by atoms with E-state index in [2.05, 4.69) is 10.3 Å². The molecule has 126 valence electrons. The van der Waals surface area contributed by atoms with Gasteiger partial charge in [-0.3, -0.25) is 4.79 Å². The molecule has 3 heterocycles. The van der Waals surface area contributed by atoms with E-state index in [1.165, 1.54) is 0 Å². The van der Waals surface area contributed by atoms with Gasteiger partial charge in [0.05, 0.1) is 17.6 Å². The second-order valence-corrected chi connectivity index (χ2v) is 6.61. The van der Waals surface area contributed by atoms with Crippen molar-refractivity contribution in [1.29, 1.82) is 0 Å². The lowest BCUT2D eigenvalue weighted by Gasteiger charge is -2.31. The van der Waals surface area contributed by atoms with Gasteiger partial charge in [0.1, 0.15) is 0 Å². The third-order valence-electron chi connectivity index (χ3n) is 5.08. The second-order valence-electron chi connectivity index (χ2n) is 6.61. The number of carbonyl (C=O) groups is 1. The molecule has 2 aliphatic rings. The SMILES string of the molecule is CCOC(=O)c1nc2ccccc2n([C@H]2C[C@H]3CC[C@@H](C2)N3)c1=O. The third-order valence-corrected chi connectivity index (χ3v) is 5.08. The van der Waals surface area contributed by atoms with Crippen LogP contribution in [0.15, 0.2) is 29.1 Å². The van der Waals surface area contributed by atoms with Crippen molar-refractivity contribution in [2.75, 3.05) is 6.61 Å². The Labute approximate surface area is 139 Å². The normalized spacial score (nSPS) is 25.8. The van der Waals surface area contributed by atoms with Crippen molar-refractivity contribution in [3.8, 4) is 0 Å². The molecule has 2 fully saturated rings. The van der Waals surface area contributed by atoms with E-state index in [-0.39, 0.29) is 23.9 Å². The van der Waals surface area contributed by atoms with Gasteiger partial charge in [-0.1, -0.05) is 12.1 Å². The fourth-order valence-electron chi connectivity index (χ4n) is 4.09. The number of benzene rings is 1. The number of para-hydroxylation sites is 2. The van der Waals surface area contributed by atoms with Crippen LogP contribution in [0, 0.1) is 0 Å². The minimum absolute atomic E-state index is 0.0947. The summed E-state index contributed by atoms with van der Waals surface area (Å²) in [6, 6.07) is 8.52. The predicted octanol–water partition coefficient (Wildman–Crippen LogP) is 2.03. The molecule has 1 aromatic heterocycles. The summed E-state index contributed by atoms with van der Waals surface area (Å²) in [5.74, 6) is -0.640. The lowest BCUT2D eigenvalue weighted by molar-refractivity contribution is 0.0516. The zero-order chi connectivity index (χ0) is 16.7. The highest BCUT2D eigenvalue weighted by Crippen LogP contribution is 2.34. The molecule has 2 bridgehead atoms. The molecular formula is C18H21N3O3. The number of hydrogen-bond acceptors (Lipinski definition) is 5. The molecule has 0 radical (unpaired) electrons. The Hall–Kier alpha value is -2.21. The van der Waals surface area contributed by atoms with Crippen LogP contribution in [0.1, 0.15) is 49.1 Å². The van der Waals surface area contributed by atoms with E-state index in [9.17, 15) is 9.59 Å². The summed E-state index contributed by atoms with van der Waals surface area (Å²) in [6.45, 7) is 1.95. The summed E-state index contributed by atoms with van der Waals surface area (Å²) in [6.07, 6.45) is 4.13. The third kappa shape index (κ3) is 2.51. The first kappa shape index (κ1) is 15.3. The summed E-state index contributed by atoms with van der Waals surface area (Å²) in [4.78, 5) is 29.5. The topological polar surface area (TPSA) is 73.2 Å². The van der Waals surface area contributed by atoms with Crippen molar-refractivity contribution in [1.82, 2.24) is 14.9 Å². The van der Waals surface area contributed by atoms with Crippen LogP contribution in [0.5, 0.6) is 0 Å². The minimum Gasteiger partial charge on any atom is -0.461 e. The van der Waals surface area contributed by atoms with E-state index >= 15 is 0 Å². The minimum atomic E-state index is -0.640. The first-order valence-electron chi connectivity index (χ1n) is 8.61. The number of ether oxygens (including phenoxy) is 1. The van der Waals surface area contributed by atoms with Gasteiger partial charge in [0.2, 0.25) is 5.69 Å². The number of piperidine rings is 1. The van der Waals surface area contributed by atoms with Crippen molar-refractivity contribution >= 4 is 17.0 Å². The first-order chi connectivity index (χ1) is 11.7. The average Bonchev–Trinajstić information content (AvgIpc) is 2.92. The molecule has 0 aliphatic carbocycles. The van der Waals surface area contributed by atoms with Gasteiger partial charge < -0.3 is 14.6 Å². The second kappa shape index (κ2) is 6.02. The highest BCUT2D eigenvalue weighted by Gasteiger charge is 2.35. The molecule has 6 nitrogen and oxygen atoms in total. The van der Waals surface area contributed by atoms with Crippen molar-refractivity contribution in [3.05, 3.63) is 40.3 Å². The maximum Gasteiger partial charge on any atom is 0.362 e. The Morgan fingerprint density at radius 2 is 2.00 bits per heavy atom. The number of nitrogens with zero attached hydrogens (tertiary/aromatic N) is 2. The quantitative estimate of drug-likeness (QED) is 0.873. The van der Waals surface area contributed by atoms with Gasteiger partial charge in [-0.2, -0.15) is 0 Å². The van der Waals surface area contributed by atoms with Crippen molar-refractivity contribution in [3.63, 3.8) is 0 Å². The summed E-state index contributed by atoms with van der Waals surface area (Å²) in [5.41, 5.74) is 1.01. The van der Waals surface area contributed by atoms with E-state index in [0.717, 1.165) is 31.2 Å². The molecule has 0 saturated carbocycles. The molecule has 24 heavy (non-hydrogen) atoms. The maximum absolute atomic E-state index is 13.0. The molecule has 3 atom stereocenters. The maximum atomic E-state index is 13.0. The highest BCUT2D eigenvalue weighted by molar-refractivity contribution is 5.89. The van der Waals surface area contributed by atoms with Gasteiger partial charge in [0.25, 0.3) is 5.56 Å². The number of fused-ring (bicyclic) bond motifs is 3. The number of esters is 1. The molecule has 2 saturated heterocycles. The Morgan fingerprint density at radius 3 is 2.71 bits per heavy atom. The molecule has 0 spiro atoms. The summed E-state index contributed by atoms with van der Waals surface area (Å²) >= 11 is 0. The van der Waals surface area contributed by atoms with Crippen LogP contribution in [-0.4, -0.2) is 34.2 Å².